The van der Waals surface area contributed by atoms with Gasteiger partial charge in [-0.05, 0) is 48.1 Å². The van der Waals surface area contributed by atoms with Gasteiger partial charge in [-0.25, -0.2) is 14.6 Å². The maximum absolute atomic E-state index is 13.1. The lowest BCUT2D eigenvalue weighted by molar-refractivity contribution is -0.118. The van der Waals surface area contributed by atoms with E-state index in [4.69, 9.17) is 4.98 Å². The number of rotatable bonds is 5. The van der Waals surface area contributed by atoms with E-state index in [0.717, 1.165) is 35.5 Å². The smallest absolute Gasteiger partial charge is 0.233 e. The molecule has 1 fully saturated rings. The van der Waals surface area contributed by atoms with Crippen molar-refractivity contribution < 1.29 is 4.79 Å². The van der Waals surface area contributed by atoms with Crippen LogP contribution in [0, 0.1) is 0 Å². The molecule has 2 aliphatic rings. The minimum absolute atomic E-state index is 0.126. The summed E-state index contributed by atoms with van der Waals surface area (Å²) < 4.78 is 1.86. The van der Waals surface area contributed by atoms with Crippen LogP contribution in [0.4, 0.5) is 5.82 Å². The zero-order valence-electron chi connectivity index (χ0n) is 19.4. The third kappa shape index (κ3) is 3.41. The molecule has 1 saturated carbocycles. The second kappa shape index (κ2) is 8.20. The van der Waals surface area contributed by atoms with Gasteiger partial charge in [-0.3, -0.25) is 9.69 Å². The molecule has 3 heterocycles. The Morgan fingerprint density at radius 3 is 2.53 bits per heavy atom. The van der Waals surface area contributed by atoms with E-state index in [1.54, 1.807) is 6.20 Å². The fourth-order valence-electron chi connectivity index (χ4n) is 5.25. The highest BCUT2D eigenvalue weighted by Gasteiger charge is 2.43. The summed E-state index contributed by atoms with van der Waals surface area (Å²) in [4.78, 5) is 24.7. The lowest BCUT2D eigenvalue weighted by Crippen LogP contribution is -2.48. The van der Waals surface area contributed by atoms with Crippen LogP contribution in [0.3, 0.4) is 0 Å². The number of hydrogen-bond acceptors (Lipinski definition) is 4. The average Bonchev–Trinajstić information content (AvgIpc) is 3.47. The first-order chi connectivity index (χ1) is 16.6. The number of benzene rings is 2. The van der Waals surface area contributed by atoms with Crippen molar-refractivity contribution in [2.24, 2.45) is 0 Å². The number of carbonyl (C=O) groups is 1. The first kappa shape index (κ1) is 20.8. The third-order valence-corrected chi connectivity index (χ3v) is 7.16. The number of carbonyl (C=O) groups excluding carboxylic acids is 1. The monoisotopic (exact) mass is 449 g/mol. The molecule has 0 unspecified atom stereocenters. The predicted molar refractivity (Wildman–Crippen MR) is 132 cm³/mol. The van der Waals surface area contributed by atoms with Crippen molar-refractivity contribution in [1.82, 2.24) is 19.7 Å². The second-order valence-corrected chi connectivity index (χ2v) is 9.52. The van der Waals surface area contributed by atoms with Gasteiger partial charge in [0.2, 0.25) is 5.91 Å². The van der Waals surface area contributed by atoms with Crippen LogP contribution in [0.25, 0.3) is 17.1 Å². The molecule has 6 rings (SSSR count). The molecule has 34 heavy (non-hydrogen) atoms. The maximum Gasteiger partial charge on any atom is 0.233 e. The molecule has 2 aromatic heterocycles. The Morgan fingerprint density at radius 1 is 1.00 bits per heavy atom. The topological polar surface area (TPSA) is 63.9 Å². The number of amides is 1. The number of fused-ring (bicyclic) bond motifs is 1. The number of hydrogen-bond donors (Lipinski definition) is 0. The molecule has 0 saturated heterocycles. The minimum atomic E-state index is 0.126. The Kier molecular flexibility index (Phi) is 5.01. The molecule has 1 aliphatic heterocycles. The van der Waals surface area contributed by atoms with E-state index in [1.807, 2.05) is 34.1 Å². The standard InChI is InChI=1S/C28H27N5O/c1-18(2)22-6-3-4-7-24(22)27-29-17-20-16-26(34)33(28(20)31-27)25-13-12-23(25)19-8-10-21(11-9-19)32-15-5-14-30-32/h3-11,14-15,17-18,23,25H,12-13,16H2,1-2H3/t23-,25+/m0/s1. The highest BCUT2D eigenvalue weighted by atomic mass is 16.2. The molecule has 6 heteroatoms. The highest BCUT2D eigenvalue weighted by molar-refractivity contribution is 6.01. The van der Waals surface area contributed by atoms with E-state index in [2.05, 4.69) is 66.4 Å². The van der Waals surface area contributed by atoms with Gasteiger partial charge in [-0.1, -0.05) is 50.2 Å². The lowest BCUT2D eigenvalue weighted by Gasteiger charge is -2.42. The average molecular weight is 450 g/mol. The molecule has 2 aromatic carbocycles. The van der Waals surface area contributed by atoms with Gasteiger partial charge < -0.3 is 0 Å². The van der Waals surface area contributed by atoms with Crippen LogP contribution >= 0.6 is 0 Å². The van der Waals surface area contributed by atoms with Crippen molar-refractivity contribution in [3.8, 4) is 17.1 Å². The van der Waals surface area contributed by atoms with E-state index in [9.17, 15) is 4.79 Å². The van der Waals surface area contributed by atoms with Gasteiger partial charge in [0, 0.05) is 41.7 Å². The first-order valence-corrected chi connectivity index (χ1v) is 12.0. The first-order valence-electron chi connectivity index (χ1n) is 12.0. The van der Waals surface area contributed by atoms with Crippen molar-refractivity contribution in [3.05, 3.63) is 89.9 Å². The summed E-state index contributed by atoms with van der Waals surface area (Å²) in [5.74, 6) is 2.29. The second-order valence-electron chi connectivity index (χ2n) is 9.52. The normalized spacial score (nSPS) is 19.4. The fraction of sp³-hybridized carbons (Fsp3) is 0.286. The Hall–Kier alpha value is -3.80. The van der Waals surface area contributed by atoms with Crippen molar-refractivity contribution in [2.45, 2.75) is 51.0 Å². The summed E-state index contributed by atoms with van der Waals surface area (Å²) >= 11 is 0. The molecule has 170 valence electrons. The Balaban J connectivity index is 1.31. The zero-order valence-corrected chi connectivity index (χ0v) is 19.4. The minimum Gasteiger partial charge on any atom is -0.292 e. The van der Waals surface area contributed by atoms with Gasteiger partial charge >= 0.3 is 0 Å². The summed E-state index contributed by atoms with van der Waals surface area (Å²) in [6, 6.07) is 18.9. The van der Waals surface area contributed by atoms with Crippen molar-refractivity contribution in [2.75, 3.05) is 4.90 Å². The van der Waals surface area contributed by atoms with Crippen LogP contribution < -0.4 is 4.90 Å². The van der Waals surface area contributed by atoms with Gasteiger partial charge in [0.25, 0.3) is 0 Å². The SMILES string of the molecule is CC(C)c1ccccc1-c1ncc2c(n1)N([C@@H]1CC[C@H]1c1ccc(-n3cccn3)cc1)C(=O)C2. The number of anilines is 1. The highest BCUT2D eigenvalue weighted by Crippen LogP contribution is 2.45. The molecule has 2 atom stereocenters. The summed E-state index contributed by atoms with van der Waals surface area (Å²) in [6.45, 7) is 4.36. The third-order valence-electron chi connectivity index (χ3n) is 7.16. The quantitative estimate of drug-likeness (QED) is 0.415. The van der Waals surface area contributed by atoms with E-state index < -0.39 is 0 Å². The Labute approximate surface area is 199 Å². The molecule has 0 N–H and O–H groups in total. The molecule has 0 radical (unpaired) electrons. The predicted octanol–water partition coefficient (Wildman–Crippen LogP) is 5.29. The molecule has 0 spiro atoms. The van der Waals surface area contributed by atoms with Gasteiger partial charge in [-0.15, -0.1) is 0 Å². The van der Waals surface area contributed by atoms with Crippen LogP contribution in [-0.4, -0.2) is 31.7 Å². The van der Waals surface area contributed by atoms with Crippen molar-refractivity contribution in [1.29, 1.82) is 0 Å². The Bertz CT molecular complexity index is 1340. The molecule has 1 aliphatic carbocycles. The Morgan fingerprint density at radius 2 is 1.82 bits per heavy atom. The molecular formula is C28H27N5O. The van der Waals surface area contributed by atoms with Crippen molar-refractivity contribution in [3.63, 3.8) is 0 Å². The maximum atomic E-state index is 13.1. The van der Waals surface area contributed by atoms with E-state index in [-0.39, 0.29) is 11.9 Å². The molecule has 0 bridgehead atoms. The van der Waals surface area contributed by atoms with E-state index >= 15 is 0 Å². The van der Waals surface area contributed by atoms with Crippen LogP contribution in [0.2, 0.25) is 0 Å². The molecule has 6 nitrogen and oxygen atoms in total. The van der Waals surface area contributed by atoms with E-state index in [0.29, 0.717) is 24.1 Å². The van der Waals surface area contributed by atoms with Gasteiger partial charge in [0.1, 0.15) is 5.82 Å². The van der Waals surface area contributed by atoms with Gasteiger partial charge in [0.15, 0.2) is 5.82 Å². The van der Waals surface area contributed by atoms with Crippen LogP contribution in [0.15, 0.2) is 73.2 Å². The zero-order chi connectivity index (χ0) is 23.2. The van der Waals surface area contributed by atoms with Crippen LogP contribution in [0.1, 0.15) is 55.2 Å². The largest absolute Gasteiger partial charge is 0.292 e. The van der Waals surface area contributed by atoms with Gasteiger partial charge in [-0.2, -0.15) is 5.10 Å². The molecular weight excluding hydrogens is 422 g/mol. The summed E-state index contributed by atoms with van der Waals surface area (Å²) in [5.41, 5.74) is 5.48. The molecule has 4 aromatic rings. The van der Waals surface area contributed by atoms with Crippen LogP contribution in [-0.2, 0) is 11.2 Å². The summed E-state index contributed by atoms with van der Waals surface area (Å²) in [7, 11) is 0. The van der Waals surface area contributed by atoms with Crippen LogP contribution in [0.5, 0.6) is 0 Å². The lowest BCUT2D eigenvalue weighted by atomic mass is 9.74. The van der Waals surface area contributed by atoms with Crippen molar-refractivity contribution >= 4 is 11.7 Å². The fourth-order valence-corrected chi connectivity index (χ4v) is 5.25. The van der Waals surface area contributed by atoms with E-state index in [1.165, 1.54) is 11.1 Å². The molecule has 1 amide bonds. The summed E-state index contributed by atoms with van der Waals surface area (Å²) in [5, 5.41) is 4.31. The number of aromatic nitrogens is 4. The number of nitrogens with zero attached hydrogens (tertiary/aromatic N) is 5. The summed E-state index contributed by atoms with van der Waals surface area (Å²) in [6.07, 6.45) is 8.00. The van der Waals surface area contributed by atoms with Gasteiger partial charge in [0.05, 0.1) is 12.1 Å².